The summed E-state index contributed by atoms with van der Waals surface area (Å²) in [6.07, 6.45) is 1.57. The number of likely N-dealkylation sites (N-methyl/N-ethyl adjacent to an activating group) is 1. The van der Waals surface area contributed by atoms with Gasteiger partial charge in [0.05, 0.1) is 12.6 Å². The van der Waals surface area contributed by atoms with Crippen LogP contribution in [0, 0.1) is 5.92 Å². The van der Waals surface area contributed by atoms with Gasteiger partial charge in [-0.2, -0.15) is 0 Å². The molecule has 4 heteroatoms. The van der Waals surface area contributed by atoms with Crippen molar-refractivity contribution in [3.05, 3.63) is 11.6 Å². The molecule has 0 aromatic rings. The van der Waals surface area contributed by atoms with Gasteiger partial charge in [-0.3, -0.25) is 0 Å². The van der Waals surface area contributed by atoms with Crippen LogP contribution in [0.3, 0.4) is 0 Å². The molecule has 0 bridgehead atoms. The highest BCUT2D eigenvalue weighted by molar-refractivity contribution is 5.68. The number of carbonyl (C=O) groups excluding carboxylic acids is 1. The molecule has 0 spiro atoms. The number of nitrogens with zero attached hydrogens (tertiary/aromatic N) is 1. The minimum absolute atomic E-state index is 0.00534. The number of hydrogen-bond donors (Lipinski definition) is 1. The molecule has 1 amide bonds. The number of carbonyl (C=O) groups is 1. The molecule has 0 aromatic carbocycles. The van der Waals surface area contributed by atoms with Gasteiger partial charge >= 0.3 is 6.09 Å². The topological polar surface area (TPSA) is 49.8 Å². The molecule has 0 heterocycles. The Hall–Kier alpha value is -1.03. The van der Waals surface area contributed by atoms with Gasteiger partial charge in [0, 0.05) is 7.05 Å². The normalized spacial score (nSPS) is 14.6. The van der Waals surface area contributed by atoms with E-state index >= 15 is 0 Å². The van der Waals surface area contributed by atoms with Crippen molar-refractivity contribution in [1.29, 1.82) is 0 Å². The van der Waals surface area contributed by atoms with Gasteiger partial charge in [-0.05, 0) is 33.6 Å². The Morgan fingerprint density at radius 1 is 1.39 bits per heavy atom. The second-order valence-electron chi connectivity index (χ2n) is 6.00. The average Bonchev–Trinajstić information content (AvgIpc) is 2.21. The fourth-order valence-electron chi connectivity index (χ4n) is 1.55. The molecule has 106 valence electrons. The van der Waals surface area contributed by atoms with Crippen LogP contribution < -0.4 is 0 Å². The molecule has 0 aromatic heterocycles. The van der Waals surface area contributed by atoms with Crippen LogP contribution >= 0.6 is 0 Å². The maximum Gasteiger partial charge on any atom is 0.410 e. The third-order valence-electron chi connectivity index (χ3n) is 2.52. The third-order valence-corrected chi connectivity index (χ3v) is 2.52. The van der Waals surface area contributed by atoms with Gasteiger partial charge in [0.25, 0.3) is 0 Å². The Kier molecular flexibility index (Phi) is 6.39. The first kappa shape index (κ1) is 17.0. The SMILES string of the molecule is C/C(=C\C(C(C)C)N(C)C(=O)OC(C)(C)C)CO. The first-order valence-corrected chi connectivity index (χ1v) is 6.32. The van der Waals surface area contributed by atoms with E-state index in [1.165, 1.54) is 0 Å². The lowest BCUT2D eigenvalue weighted by molar-refractivity contribution is 0.0222. The molecule has 18 heavy (non-hydrogen) atoms. The lowest BCUT2D eigenvalue weighted by atomic mass is 10.0. The maximum absolute atomic E-state index is 12.0. The Balaban J connectivity index is 4.88. The number of aliphatic hydroxyl groups is 1. The molecule has 0 aliphatic carbocycles. The molecule has 0 aliphatic heterocycles. The van der Waals surface area contributed by atoms with E-state index < -0.39 is 5.60 Å². The summed E-state index contributed by atoms with van der Waals surface area (Å²) in [5, 5.41) is 9.07. The molecular formula is C14H27NO3. The standard InChI is InChI=1S/C14H27NO3/c1-10(2)12(8-11(3)9-16)15(7)13(17)18-14(4,5)6/h8,10,12,16H,9H2,1-7H3/b11-8+. The van der Waals surface area contributed by atoms with Crippen LogP contribution in [-0.2, 0) is 4.74 Å². The second-order valence-corrected chi connectivity index (χ2v) is 6.00. The van der Waals surface area contributed by atoms with Gasteiger partial charge in [0.2, 0.25) is 0 Å². The van der Waals surface area contributed by atoms with Crippen LogP contribution in [0.25, 0.3) is 0 Å². The van der Waals surface area contributed by atoms with Gasteiger partial charge in [0.1, 0.15) is 5.60 Å². The summed E-state index contributed by atoms with van der Waals surface area (Å²) in [5.41, 5.74) is 0.354. The zero-order chi connectivity index (χ0) is 14.5. The zero-order valence-electron chi connectivity index (χ0n) is 12.7. The maximum atomic E-state index is 12.0. The van der Waals surface area contributed by atoms with Crippen LogP contribution in [0.4, 0.5) is 4.79 Å². The highest BCUT2D eigenvalue weighted by atomic mass is 16.6. The van der Waals surface area contributed by atoms with Crippen LogP contribution in [-0.4, -0.2) is 41.4 Å². The summed E-state index contributed by atoms with van der Waals surface area (Å²) >= 11 is 0. The van der Waals surface area contributed by atoms with Crippen LogP contribution in [0.1, 0.15) is 41.5 Å². The molecule has 0 fully saturated rings. The molecule has 0 rings (SSSR count). The smallest absolute Gasteiger partial charge is 0.410 e. The lowest BCUT2D eigenvalue weighted by Gasteiger charge is -2.31. The highest BCUT2D eigenvalue weighted by Gasteiger charge is 2.25. The summed E-state index contributed by atoms with van der Waals surface area (Å²) < 4.78 is 5.34. The van der Waals surface area contributed by atoms with Gasteiger partial charge in [-0.25, -0.2) is 4.79 Å². The zero-order valence-corrected chi connectivity index (χ0v) is 12.7. The Morgan fingerprint density at radius 3 is 2.22 bits per heavy atom. The second kappa shape index (κ2) is 6.78. The number of aliphatic hydroxyl groups excluding tert-OH is 1. The molecule has 0 aliphatic rings. The molecule has 1 atom stereocenters. The van der Waals surface area contributed by atoms with Crippen molar-refractivity contribution >= 4 is 6.09 Å². The molecule has 1 N–H and O–H groups in total. The quantitative estimate of drug-likeness (QED) is 0.788. The Morgan fingerprint density at radius 2 is 1.89 bits per heavy atom. The van der Waals surface area contributed by atoms with E-state index in [4.69, 9.17) is 9.84 Å². The number of ether oxygens (including phenoxy) is 1. The van der Waals surface area contributed by atoms with Crippen molar-refractivity contribution in [2.24, 2.45) is 5.92 Å². The van der Waals surface area contributed by atoms with Crippen LogP contribution in [0.2, 0.25) is 0 Å². The molecule has 0 saturated carbocycles. The predicted octanol–water partition coefficient (Wildman–Crippen LogP) is 2.82. The molecule has 0 saturated heterocycles. The molecule has 4 nitrogen and oxygen atoms in total. The van der Waals surface area contributed by atoms with Crippen molar-refractivity contribution in [1.82, 2.24) is 4.90 Å². The Labute approximate surface area is 111 Å². The van der Waals surface area contributed by atoms with E-state index in [1.807, 2.05) is 47.6 Å². The van der Waals surface area contributed by atoms with Gasteiger partial charge in [-0.1, -0.05) is 25.5 Å². The molecular weight excluding hydrogens is 230 g/mol. The molecule has 0 radical (unpaired) electrons. The predicted molar refractivity (Wildman–Crippen MR) is 73.5 cm³/mol. The van der Waals surface area contributed by atoms with E-state index in [2.05, 4.69) is 0 Å². The van der Waals surface area contributed by atoms with Crippen molar-refractivity contribution in [2.75, 3.05) is 13.7 Å². The Bertz CT molecular complexity index is 303. The summed E-state index contributed by atoms with van der Waals surface area (Å²) in [6.45, 7) is 11.5. The van der Waals surface area contributed by atoms with Crippen molar-refractivity contribution in [3.63, 3.8) is 0 Å². The largest absolute Gasteiger partial charge is 0.444 e. The summed E-state index contributed by atoms with van der Waals surface area (Å²) in [4.78, 5) is 13.6. The van der Waals surface area contributed by atoms with Crippen LogP contribution in [0.15, 0.2) is 11.6 Å². The summed E-state index contributed by atoms with van der Waals surface area (Å²) in [6, 6.07) is -0.0769. The minimum Gasteiger partial charge on any atom is -0.444 e. The van der Waals surface area contributed by atoms with E-state index in [0.29, 0.717) is 0 Å². The van der Waals surface area contributed by atoms with Crippen molar-refractivity contribution in [2.45, 2.75) is 53.2 Å². The highest BCUT2D eigenvalue weighted by Crippen LogP contribution is 2.17. The average molecular weight is 257 g/mol. The van der Waals surface area contributed by atoms with Gasteiger partial charge in [-0.15, -0.1) is 0 Å². The fourth-order valence-corrected chi connectivity index (χ4v) is 1.55. The van der Waals surface area contributed by atoms with E-state index in [-0.39, 0.29) is 24.7 Å². The molecule has 1 unspecified atom stereocenters. The first-order chi connectivity index (χ1) is 8.08. The number of rotatable bonds is 4. The minimum atomic E-state index is -0.497. The van der Waals surface area contributed by atoms with Crippen molar-refractivity contribution in [3.8, 4) is 0 Å². The van der Waals surface area contributed by atoms with Gasteiger partial charge < -0.3 is 14.7 Å². The lowest BCUT2D eigenvalue weighted by Crippen LogP contribution is -2.42. The number of amides is 1. The van der Waals surface area contributed by atoms with Crippen molar-refractivity contribution < 1.29 is 14.6 Å². The number of hydrogen-bond acceptors (Lipinski definition) is 3. The summed E-state index contributed by atoms with van der Waals surface area (Å²) in [5.74, 6) is 0.254. The van der Waals surface area contributed by atoms with Crippen LogP contribution in [0.5, 0.6) is 0 Å². The van der Waals surface area contributed by atoms with E-state index in [1.54, 1.807) is 11.9 Å². The monoisotopic (exact) mass is 257 g/mol. The third kappa shape index (κ3) is 6.05. The summed E-state index contributed by atoms with van der Waals surface area (Å²) in [7, 11) is 1.72. The van der Waals surface area contributed by atoms with E-state index in [0.717, 1.165) is 5.57 Å². The first-order valence-electron chi connectivity index (χ1n) is 6.32. The fraction of sp³-hybridized carbons (Fsp3) is 0.786. The van der Waals surface area contributed by atoms with Gasteiger partial charge in [0.15, 0.2) is 0 Å². The van der Waals surface area contributed by atoms with E-state index in [9.17, 15) is 4.79 Å².